The number of rotatable bonds is 3. The summed E-state index contributed by atoms with van der Waals surface area (Å²) >= 11 is 9.95. The van der Waals surface area contributed by atoms with Crippen LogP contribution >= 0.6 is 27.5 Å². The fourth-order valence-corrected chi connectivity index (χ4v) is 2.86. The van der Waals surface area contributed by atoms with Gasteiger partial charge in [0.2, 0.25) is 6.79 Å². The van der Waals surface area contributed by atoms with E-state index in [1.165, 1.54) is 5.56 Å². The first-order valence-corrected chi connectivity index (χ1v) is 7.23. The Balaban J connectivity index is 1.78. The maximum Gasteiger partial charge on any atom is 0.231 e. The lowest BCUT2D eigenvalue weighted by molar-refractivity contribution is 0.174. The highest BCUT2D eigenvalue weighted by molar-refractivity contribution is 9.10. The second-order valence-electron chi connectivity index (χ2n) is 4.41. The molecule has 4 heteroatoms. The largest absolute Gasteiger partial charge is 0.454 e. The number of fused-ring (bicyclic) bond motifs is 1. The van der Waals surface area contributed by atoms with Crippen LogP contribution in [-0.4, -0.2) is 6.79 Å². The number of hydrogen-bond donors (Lipinski definition) is 0. The number of ether oxygens (including phenoxy) is 2. The number of halogens is 2. The van der Waals surface area contributed by atoms with Crippen molar-refractivity contribution in [3.05, 3.63) is 58.1 Å². The summed E-state index contributed by atoms with van der Waals surface area (Å²) in [4.78, 5) is 0. The van der Waals surface area contributed by atoms with Crippen LogP contribution in [0.2, 0.25) is 0 Å². The Morgan fingerprint density at radius 1 is 1.11 bits per heavy atom. The molecule has 0 aromatic heterocycles. The van der Waals surface area contributed by atoms with Gasteiger partial charge in [-0.25, -0.2) is 0 Å². The third kappa shape index (κ3) is 2.88. The van der Waals surface area contributed by atoms with Crippen molar-refractivity contribution in [1.29, 1.82) is 0 Å². The molecule has 2 nitrogen and oxygen atoms in total. The van der Waals surface area contributed by atoms with Crippen molar-refractivity contribution in [3.8, 4) is 11.5 Å². The summed E-state index contributed by atoms with van der Waals surface area (Å²) in [5.41, 5.74) is 2.25. The smallest absolute Gasteiger partial charge is 0.231 e. The molecule has 98 valence electrons. The molecule has 0 aliphatic carbocycles. The minimum atomic E-state index is -0.0798. The zero-order valence-electron chi connectivity index (χ0n) is 10.1. The van der Waals surface area contributed by atoms with Crippen molar-refractivity contribution >= 4 is 27.5 Å². The summed E-state index contributed by atoms with van der Waals surface area (Å²) in [5.74, 6) is 1.56. The van der Waals surface area contributed by atoms with Gasteiger partial charge in [-0.2, -0.15) is 0 Å². The Hall–Kier alpha value is -1.19. The van der Waals surface area contributed by atoms with Crippen LogP contribution in [0.15, 0.2) is 46.9 Å². The van der Waals surface area contributed by atoms with Gasteiger partial charge in [0, 0.05) is 4.47 Å². The van der Waals surface area contributed by atoms with E-state index >= 15 is 0 Å². The molecule has 3 rings (SSSR count). The molecule has 0 spiro atoms. The molecular weight excluding hydrogens is 328 g/mol. The third-order valence-corrected chi connectivity index (χ3v) is 3.96. The number of hydrogen-bond acceptors (Lipinski definition) is 2. The van der Waals surface area contributed by atoms with E-state index in [0.29, 0.717) is 0 Å². The summed E-state index contributed by atoms with van der Waals surface area (Å²) in [5, 5.41) is -0.0798. The Morgan fingerprint density at radius 2 is 1.95 bits per heavy atom. The molecule has 0 N–H and O–H groups in total. The second-order valence-corrected chi connectivity index (χ2v) is 5.86. The van der Waals surface area contributed by atoms with Gasteiger partial charge in [-0.15, -0.1) is 11.6 Å². The molecule has 0 bridgehead atoms. The van der Waals surface area contributed by atoms with Gasteiger partial charge in [0.25, 0.3) is 0 Å². The van der Waals surface area contributed by atoms with Gasteiger partial charge < -0.3 is 9.47 Å². The Kier molecular flexibility index (Phi) is 3.67. The summed E-state index contributed by atoms with van der Waals surface area (Å²) in [7, 11) is 0. The maximum absolute atomic E-state index is 6.48. The van der Waals surface area contributed by atoms with E-state index in [1.54, 1.807) is 0 Å². The zero-order chi connectivity index (χ0) is 13.2. The summed E-state index contributed by atoms with van der Waals surface area (Å²) < 4.78 is 11.7. The van der Waals surface area contributed by atoms with E-state index < -0.39 is 0 Å². The Bertz CT molecular complexity index is 600. The van der Waals surface area contributed by atoms with E-state index in [4.69, 9.17) is 21.1 Å². The van der Waals surface area contributed by atoms with Crippen molar-refractivity contribution in [3.63, 3.8) is 0 Å². The van der Waals surface area contributed by atoms with Crippen molar-refractivity contribution in [1.82, 2.24) is 0 Å². The van der Waals surface area contributed by atoms with E-state index in [9.17, 15) is 0 Å². The lowest BCUT2D eigenvalue weighted by Gasteiger charge is -2.11. The van der Waals surface area contributed by atoms with Crippen LogP contribution in [0.25, 0.3) is 0 Å². The van der Waals surface area contributed by atoms with Crippen molar-refractivity contribution in [2.75, 3.05) is 6.79 Å². The highest BCUT2D eigenvalue weighted by Crippen LogP contribution is 2.36. The lowest BCUT2D eigenvalue weighted by atomic mass is 10.0. The fraction of sp³-hybridized carbons (Fsp3) is 0.200. The molecule has 1 heterocycles. The number of alkyl halides is 1. The lowest BCUT2D eigenvalue weighted by Crippen LogP contribution is -1.96. The second kappa shape index (κ2) is 5.43. The fourth-order valence-electron chi connectivity index (χ4n) is 2.10. The molecule has 1 unspecified atom stereocenters. The predicted molar refractivity (Wildman–Crippen MR) is 79.0 cm³/mol. The zero-order valence-corrected chi connectivity index (χ0v) is 12.4. The monoisotopic (exact) mass is 338 g/mol. The van der Waals surface area contributed by atoms with Gasteiger partial charge in [0.1, 0.15) is 0 Å². The van der Waals surface area contributed by atoms with Gasteiger partial charge in [0.15, 0.2) is 11.5 Å². The molecule has 0 saturated heterocycles. The Labute approximate surface area is 125 Å². The van der Waals surface area contributed by atoms with Crippen LogP contribution in [0.4, 0.5) is 0 Å². The van der Waals surface area contributed by atoms with Crippen LogP contribution in [0.1, 0.15) is 16.5 Å². The molecule has 1 aliphatic rings. The molecule has 1 aliphatic heterocycles. The molecule has 2 aromatic rings. The highest BCUT2D eigenvalue weighted by Gasteiger charge is 2.17. The van der Waals surface area contributed by atoms with E-state index in [0.717, 1.165) is 28.0 Å². The first-order valence-electron chi connectivity index (χ1n) is 6.00. The molecule has 0 fully saturated rings. The Morgan fingerprint density at radius 3 is 2.79 bits per heavy atom. The van der Waals surface area contributed by atoms with Crippen LogP contribution in [0.5, 0.6) is 11.5 Å². The number of benzene rings is 2. The molecule has 1 atom stereocenters. The predicted octanol–water partition coefficient (Wildman–Crippen LogP) is 4.70. The van der Waals surface area contributed by atoms with Gasteiger partial charge in [-0.3, -0.25) is 0 Å². The average molecular weight is 340 g/mol. The van der Waals surface area contributed by atoms with Gasteiger partial charge in [0.05, 0.1) is 5.38 Å². The quantitative estimate of drug-likeness (QED) is 0.755. The third-order valence-electron chi connectivity index (χ3n) is 3.06. The van der Waals surface area contributed by atoms with Crippen molar-refractivity contribution in [2.45, 2.75) is 11.8 Å². The topological polar surface area (TPSA) is 18.5 Å². The maximum atomic E-state index is 6.48. The minimum Gasteiger partial charge on any atom is -0.454 e. The first-order chi connectivity index (χ1) is 9.22. The van der Waals surface area contributed by atoms with E-state index in [-0.39, 0.29) is 12.2 Å². The summed E-state index contributed by atoms with van der Waals surface area (Å²) in [6.07, 6.45) is 0.778. The first kappa shape index (κ1) is 12.8. The minimum absolute atomic E-state index is 0.0798. The van der Waals surface area contributed by atoms with Gasteiger partial charge in [-0.05, 0) is 41.8 Å². The molecular formula is C15H12BrClO2. The standard InChI is InChI=1S/C15H12BrClO2/c16-12-3-1-2-10(6-12)7-13(17)11-4-5-14-15(8-11)19-9-18-14/h1-6,8,13H,7,9H2. The van der Waals surface area contributed by atoms with E-state index in [2.05, 4.69) is 28.1 Å². The molecule has 2 aromatic carbocycles. The summed E-state index contributed by atoms with van der Waals surface area (Å²) in [6.45, 7) is 0.289. The van der Waals surface area contributed by atoms with Crippen LogP contribution in [0.3, 0.4) is 0 Å². The SMILES string of the molecule is ClC(Cc1cccc(Br)c1)c1ccc2c(c1)OCO2. The van der Waals surface area contributed by atoms with Gasteiger partial charge >= 0.3 is 0 Å². The molecule has 19 heavy (non-hydrogen) atoms. The highest BCUT2D eigenvalue weighted by atomic mass is 79.9. The van der Waals surface area contributed by atoms with E-state index in [1.807, 2.05) is 30.3 Å². The molecule has 0 amide bonds. The van der Waals surface area contributed by atoms with Crippen LogP contribution in [0, 0.1) is 0 Å². The average Bonchev–Trinajstić information content (AvgIpc) is 2.85. The van der Waals surface area contributed by atoms with Crippen LogP contribution in [-0.2, 0) is 6.42 Å². The van der Waals surface area contributed by atoms with Gasteiger partial charge in [-0.1, -0.05) is 34.1 Å². The molecule has 0 saturated carbocycles. The molecule has 0 radical (unpaired) electrons. The van der Waals surface area contributed by atoms with Crippen LogP contribution < -0.4 is 9.47 Å². The normalized spacial score (nSPS) is 14.4. The van der Waals surface area contributed by atoms with Crippen molar-refractivity contribution in [2.24, 2.45) is 0 Å². The summed E-state index contributed by atoms with van der Waals surface area (Å²) in [6, 6.07) is 14.0. The van der Waals surface area contributed by atoms with Crippen molar-refractivity contribution < 1.29 is 9.47 Å².